The maximum Gasteiger partial charge on any atom is 0.191 e. The molecule has 1 fully saturated rings. The lowest BCUT2D eigenvalue weighted by Gasteiger charge is -2.36. The Bertz CT molecular complexity index is 724. The first-order chi connectivity index (χ1) is 12.1. The van der Waals surface area contributed by atoms with Crippen LogP contribution in [0.15, 0.2) is 53.5 Å². The summed E-state index contributed by atoms with van der Waals surface area (Å²) in [7, 11) is 0. The van der Waals surface area contributed by atoms with Gasteiger partial charge in [-0.25, -0.2) is 0 Å². The standard InChI is InChI=1S/C19H23ClN4O/c20-16-4-6-17(7-5-16)23-10-12-24(13-11-23)19(21)22-9-8-15-2-1-3-18(25)14-15/h1-7,14,25H,8-13H2,(H2,21,22). The largest absolute Gasteiger partial charge is 0.508 e. The number of nitrogens with two attached hydrogens (primary N) is 1. The SMILES string of the molecule is NC(=NCCc1cccc(O)c1)N1CCN(c2ccc(Cl)cc2)CC1. The number of rotatable bonds is 4. The minimum atomic E-state index is 0.285. The van der Waals surface area contributed by atoms with Crippen LogP contribution >= 0.6 is 11.6 Å². The first-order valence-corrected chi connectivity index (χ1v) is 8.83. The molecule has 25 heavy (non-hydrogen) atoms. The van der Waals surface area contributed by atoms with Gasteiger partial charge >= 0.3 is 0 Å². The normalized spacial score (nSPS) is 15.5. The fourth-order valence-corrected chi connectivity index (χ4v) is 3.08. The Balaban J connectivity index is 1.49. The van der Waals surface area contributed by atoms with Crippen LogP contribution in [0.1, 0.15) is 5.56 Å². The van der Waals surface area contributed by atoms with Crippen LogP contribution in [0.25, 0.3) is 0 Å². The van der Waals surface area contributed by atoms with Gasteiger partial charge in [0.05, 0.1) is 0 Å². The number of halogens is 1. The molecule has 0 amide bonds. The van der Waals surface area contributed by atoms with Crippen molar-refractivity contribution in [3.05, 3.63) is 59.1 Å². The van der Waals surface area contributed by atoms with Crippen LogP contribution in [-0.4, -0.2) is 48.7 Å². The molecule has 3 N–H and O–H groups in total. The molecule has 1 aliphatic heterocycles. The Morgan fingerprint density at radius 1 is 1.08 bits per heavy atom. The summed E-state index contributed by atoms with van der Waals surface area (Å²) in [5, 5.41) is 10.2. The van der Waals surface area contributed by atoms with Crippen molar-refractivity contribution in [1.82, 2.24) is 4.90 Å². The number of aromatic hydroxyl groups is 1. The molecule has 2 aromatic rings. The molecular formula is C19H23ClN4O. The van der Waals surface area contributed by atoms with Gasteiger partial charge in [-0.1, -0.05) is 23.7 Å². The van der Waals surface area contributed by atoms with E-state index in [0.717, 1.165) is 43.2 Å². The Labute approximate surface area is 153 Å². The number of benzene rings is 2. The van der Waals surface area contributed by atoms with Crippen LogP contribution in [0.3, 0.4) is 0 Å². The first kappa shape index (κ1) is 17.4. The Morgan fingerprint density at radius 2 is 1.80 bits per heavy atom. The van der Waals surface area contributed by atoms with Gasteiger partial charge in [-0.2, -0.15) is 0 Å². The monoisotopic (exact) mass is 358 g/mol. The van der Waals surface area contributed by atoms with Gasteiger partial charge in [0.2, 0.25) is 0 Å². The predicted molar refractivity (Wildman–Crippen MR) is 104 cm³/mol. The molecule has 6 heteroatoms. The van der Waals surface area contributed by atoms with Gasteiger partial charge in [0, 0.05) is 43.4 Å². The van der Waals surface area contributed by atoms with Crippen LogP contribution in [0.5, 0.6) is 5.75 Å². The maximum absolute atomic E-state index is 9.48. The topological polar surface area (TPSA) is 65.1 Å². The van der Waals surface area contributed by atoms with Crippen molar-refractivity contribution in [1.29, 1.82) is 0 Å². The fourth-order valence-electron chi connectivity index (χ4n) is 2.96. The van der Waals surface area contributed by atoms with Crippen molar-refractivity contribution in [2.75, 3.05) is 37.6 Å². The number of aliphatic imine (C=N–C) groups is 1. The predicted octanol–water partition coefficient (Wildman–Crippen LogP) is 2.73. The van der Waals surface area contributed by atoms with E-state index in [4.69, 9.17) is 17.3 Å². The van der Waals surface area contributed by atoms with Gasteiger partial charge in [0.25, 0.3) is 0 Å². The van der Waals surface area contributed by atoms with E-state index in [9.17, 15) is 5.11 Å². The summed E-state index contributed by atoms with van der Waals surface area (Å²) < 4.78 is 0. The van der Waals surface area contributed by atoms with E-state index in [2.05, 4.69) is 14.8 Å². The Morgan fingerprint density at radius 3 is 2.48 bits per heavy atom. The van der Waals surface area contributed by atoms with E-state index in [0.29, 0.717) is 12.5 Å². The van der Waals surface area contributed by atoms with E-state index in [-0.39, 0.29) is 5.75 Å². The lowest BCUT2D eigenvalue weighted by molar-refractivity contribution is 0.381. The molecule has 0 aromatic heterocycles. The van der Waals surface area contributed by atoms with E-state index < -0.39 is 0 Å². The zero-order valence-electron chi connectivity index (χ0n) is 14.1. The Kier molecular flexibility index (Phi) is 5.66. The van der Waals surface area contributed by atoms with Gasteiger partial charge in [0.1, 0.15) is 5.75 Å². The summed E-state index contributed by atoms with van der Waals surface area (Å²) in [5.74, 6) is 0.878. The fraction of sp³-hybridized carbons (Fsp3) is 0.316. The van der Waals surface area contributed by atoms with Gasteiger partial charge in [-0.3, -0.25) is 4.99 Å². The van der Waals surface area contributed by atoms with Gasteiger partial charge in [-0.15, -0.1) is 0 Å². The van der Waals surface area contributed by atoms with Crippen molar-refractivity contribution in [2.24, 2.45) is 10.7 Å². The van der Waals surface area contributed by atoms with Crippen molar-refractivity contribution in [3.63, 3.8) is 0 Å². The summed E-state index contributed by atoms with van der Waals surface area (Å²) >= 11 is 5.94. The molecule has 0 aliphatic carbocycles. The second-order valence-corrected chi connectivity index (χ2v) is 6.55. The molecular weight excluding hydrogens is 336 g/mol. The van der Waals surface area contributed by atoms with Crippen LogP contribution in [-0.2, 0) is 6.42 Å². The zero-order chi connectivity index (χ0) is 17.6. The van der Waals surface area contributed by atoms with Gasteiger partial charge < -0.3 is 20.6 Å². The highest BCUT2D eigenvalue weighted by molar-refractivity contribution is 6.30. The number of guanidine groups is 1. The van der Waals surface area contributed by atoms with Gasteiger partial charge in [0.15, 0.2) is 5.96 Å². The van der Waals surface area contributed by atoms with Crippen molar-refractivity contribution >= 4 is 23.2 Å². The second-order valence-electron chi connectivity index (χ2n) is 6.11. The smallest absolute Gasteiger partial charge is 0.191 e. The molecule has 0 atom stereocenters. The van der Waals surface area contributed by atoms with Crippen LogP contribution < -0.4 is 10.6 Å². The third kappa shape index (κ3) is 4.79. The number of phenolic OH excluding ortho intramolecular Hbond substituents is 1. The number of piperazine rings is 1. The molecule has 0 saturated carbocycles. The van der Waals surface area contributed by atoms with Crippen molar-refractivity contribution in [2.45, 2.75) is 6.42 Å². The van der Waals surface area contributed by atoms with Crippen LogP contribution in [0, 0.1) is 0 Å². The summed E-state index contributed by atoms with van der Waals surface area (Å²) in [6.45, 7) is 4.13. The molecule has 0 radical (unpaired) electrons. The molecule has 2 aromatic carbocycles. The zero-order valence-corrected chi connectivity index (χ0v) is 14.9. The van der Waals surface area contributed by atoms with Crippen molar-refractivity contribution in [3.8, 4) is 5.75 Å². The summed E-state index contributed by atoms with van der Waals surface area (Å²) in [4.78, 5) is 8.93. The molecule has 1 aliphatic rings. The highest BCUT2D eigenvalue weighted by Crippen LogP contribution is 2.19. The highest BCUT2D eigenvalue weighted by atomic mass is 35.5. The molecule has 3 rings (SSSR count). The molecule has 0 unspecified atom stereocenters. The minimum absolute atomic E-state index is 0.285. The van der Waals surface area contributed by atoms with E-state index in [1.807, 2.05) is 36.4 Å². The summed E-state index contributed by atoms with van der Waals surface area (Å²) in [6.07, 6.45) is 0.764. The average molecular weight is 359 g/mol. The number of anilines is 1. The third-order valence-electron chi connectivity index (χ3n) is 4.38. The maximum atomic E-state index is 9.48. The summed E-state index contributed by atoms with van der Waals surface area (Å²) in [5.41, 5.74) is 8.38. The molecule has 5 nitrogen and oxygen atoms in total. The number of phenols is 1. The lowest BCUT2D eigenvalue weighted by atomic mass is 10.1. The molecule has 1 saturated heterocycles. The molecule has 0 spiro atoms. The molecule has 0 bridgehead atoms. The van der Waals surface area contributed by atoms with Gasteiger partial charge in [-0.05, 0) is 48.4 Å². The quantitative estimate of drug-likeness (QED) is 0.651. The first-order valence-electron chi connectivity index (χ1n) is 8.45. The third-order valence-corrected chi connectivity index (χ3v) is 4.63. The van der Waals surface area contributed by atoms with Crippen molar-refractivity contribution < 1.29 is 5.11 Å². The van der Waals surface area contributed by atoms with E-state index in [1.54, 1.807) is 12.1 Å². The Hall–Kier alpha value is -2.40. The number of hydrogen-bond acceptors (Lipinski definition) is 3. The second kappa shape index (κ2) is 8.12. The van der Waals surface area contributed by atoms with Crippen LogP contribution in [0.2, 0.25) is 5.02 Å². The van der Waals surface area contributed by atoms with E-state index in [1.165, 1.54) is 5.69 Å². The highest BCUT2D eigenvalue weighted by Gasteiger charge is 2.18. The average Bonchev–Trinajstić information content (AvgIpc) is 2.62. The lowest BCUT2D eigenvalue weighted by Crippen LogP contribution is -2.51. The summed E-state index contributed by atoms with van der Waals surface area (Å²) in [6, 6.07) is 15.2. The van der Waals surface area contributed by atoms with E-state index >= 15 is 0 Å². The molecule has 132 valence electrons. The van der Waals surface area contributed by atoms with Crippen LogP contribution in [0.4, 0.5) is 5.69 Å². The minimum Gasteiger partial charge on any atom is -0.508 e. The number of nitrogens with zero attached hydrogens (tertiary/aromatic N) is 3. The number of hydrogen-bond donors (Lipinski definition) is 2. The molecule has 1 heterocycles.